The molecule has 2 aliphatic carbocycles. The second kappa shape index (κ2) is 9.46. The highest BCUT2D eigenvalue weighted by molar-refractivity contribution is 5.72. The van der Waals surface area contributed by atoms with E-state index in [1.807, 2.05) is 6.92 Å². The maximum absolute atomic E-state index is 13.0. The van der Waals surface area contributed by atoms with Gasteiger partial charge in [0.2, 0.25) is 1.43 Å². The van der Waals surface area contributed by atoms with E-state index in [9.17, 15) is 9.59 Å². The molecule has 8 atom stereocenters. The van der Waals surface area contributed by atoms with Gasteiger partial charge in [-0.3, -0.25) is 9.59 Å². The van der Waals surface area contributed by atoms with E-state index in [-0.39, 0.29) is 48.6 Å². The number of esters is 2. The fraction of sp³-hybridized carbons (Fsp3) is 0.750. The molecular weight excluding hydrogens is 368 g/mol. The molecule has 3 rings (SSSR count). The molecule has 0 aromatic rings. The van der Waals surface area contributed by atoms with Crippen LogP contribution in [0.25, 0.3) is 0 Å². The number of fused-ring (bicyclic) bond motifs is 1. The number of aliphatic hydroxyl groups is 1. The number of cyclic esters (lactones) is 1. The number of carbonyl (C=O) groups is 2. The van der Waals surface area contributed by atoms with E-state index >= 15 is 0 Å². The molecule has 5 nitrogen and oxygen atoms in total. The third-order valence-electron chi connectivity index (χ3n) is 6.49. The summed E-state index contributed by atoms with van der Waals surface area (Å²) in [6, 6.07) is 0. The molecule has 0 amide bonds. The molecule has 1 N–H and O–H groups in total. The summed E-state index contributed by atoms with van der Waals surface area (Å²) in [4.78, 5) is 24.9. The summed E-state index contributed by atoms with van der Waals surface area (Å²) in [5.41, 5.74) is 1.06. The van der Waals surface area contributed by atoms with Gasteiger partial charge in [0.15, 0.2) is 0 Å². The van der Waals surface area contributed by atoms with Crippen molar-refractivity contribution in [3.05, 3.63) is 23.8 Å². The first-order valence-electron chi connectivity index (χ1n) is 13.2. The van der Waals surface area contributed by atoms with Crippen LogP contribution in [0, 0.1) is 29.6 Å². The van der Waals surface area contributed by atoms with Gasteiger partial charge in [0, 0.05) is 17.8 Å². The number of hydrogen-bond acceptors (Lipinski definition) is 5. The van der Waals surface area contributed by atoms with Gasteiger partial charge in [0.25, 0.3) is 0 Å². The van der Waals surface area contributed by atoms with Crippen molar-refractivity contribution >= 4 is 11.9 Å². The first-order valence-corrected chi connectivity index (χ1v) is 10.8. The van der Waals surface area contributed by atoms with E-state index in [1.165, 1.54) is 6.92 Å². The van der Waals surface area contributed by atoms with Gasteiger partial charge in [0.1, 0.15) is 12.2 Å². The van der Waals surface area contributed by atoms with Crippen LogP contribution in [0.2, 0.25) is 0 Å². The Hall–Kier alpha value is -1.62. The minimum Gasteiger partial charge on any atom is -0.462 e. The van der Waals surface area contributed by atoms with Gasteiger partial charge < -0.3 is 14.6 Å². The summed E-state index contributed by atoms with van der Waals surface area (Å²) >= 11 is 0. The third kappa shape index (κ3) is 5.30. The number of carbonyl (C=O) groups excluding carboxylic acids is 2. The van der Waals surface area contributed by atoms with Crippen LogP contribution in [0.5, 0.6) is 0 Å². The quantitative estimate of drug-likeness (QED) is 0.638. The molecule has 0 saturated carbocycles. The average molecular weight is 410 g/mol. The fourth-order valence-electron chi connectivity index (χ4n) is 4.97. The highest BCUT2D eigenvalue weighted by atomic mass is 16.5. The van der Waals surface area contributed by atoms with E-state index in [2.05, 4.69) is 30.3 Å². The second-order valence-corrected chi connectivity index (χ2v) is 8.81. The monoisotopic (exact) mass is 409 g/mol. The highest BCUT2D eigenvalue weighted by Crippen LogP contribution is 2.45. The van der Waals surface area contributed by atoms with Crippen LogP contribution in [0.4, 0.5) is 0 Å². The van der Waals surface area contributed by atoms with Crippen molar-refractivity contribution in [2.24, 2.45) is 29.6 Å². The first-order chi connectivity index (χ1) is 15.9. The molecule has 0 aromatic heterocycles. The Labute approximate surface area is 181 Å². The smallest absolute Gasteiger partial charge is 0.308 e. The van der Waals surface area contributed by atoms with Gasteiger partial charge in [-0.05, 0) is 49.0 Å². The van der Waals surface area contributed by atoms with E-state index < -0.39 is 30.9 Å². The summed E-state index contributed by atoms with van der Waals surface area (Å²) < 4.78 is 50.0. The number of aliphatic hydroxyl groups excluding tert-OH is 1. The minimum absolute atomic E-state index is 0.0871. The fourth-order valence-corrected chi connectivity index (χ4v) is 4.97. The van der Waals surface area contributed by atoms with E-state index in [4.69, 9.17) is 16.4 Å². The zero-order chi connectivity index (χ0) is 25.3. The Balaban J connectivity index is 1.80. The molecule has 162 valence electrons. The molecular formula is C24H36O5. The van der Waals surface area contributed by atoms with Crippen molar-refractivity contribution in [3.8, 4) is 0 Å². The molecule has 29 heavy (non-hydrogen) atoms. The van der Waals surface area contributed by atoms with Gasteiger partial charge in [-0.1, -0.05) is 45.9 Å². The molecule has 5 heteroatoms. The Morgan fingerprint density at radius 1 is 1.45 bits per heavy atom. The standard InChI is InChI=1S/C24H36O5/c1-5-15(3)24(27)29-21-11-14(2)10-17-7-6-16(4)20(23(17)21)9-8-19-12-18(25)13-22(26)28-19/h6-7,10,14-16,18-21,23,25H,5,8-9,11-13H2,1-4H3/t14-,15-,16-,18+,19?,20-,21-,23-/m0/s1/i3D3,15D,25D. The van der Waals surface area contributed by atoms with Crippen molar-refractivity contribution in [2.75, 3.05) is 0 Å². The summed E-state index contributed by atoms with van der Waals surface area (Å²) in [7, 11) is 0. The van der Waals surface area contributed by atoms with E-state index in [0.717, 1.165) is 5.57 Å². The maximum Gasteiger partial charge on any atom is 0.308 e. The molecule has 0 spiro atoms. The number of hydrogen-bond donors (Lipinski definition) is 1. The van der Waals surface area contributed by atoms with Crippen LogP contribution < -0.4 is 0 Å². The average Bonchev–Trinajstić information content (AvgIpc) is 2.76. The van der Waals surface area contributed by atoms with E-state index in [0.29, 0.717) is 25.7 Å². The Kier molecular flexibility index (Phi) is 5.26. The van der Waals surface area contributed by atoms with Crippen LogP contribution in [0.1, 0.15) is 71.6 Å². The van der Waals surface area contributed by atoms with Crippen molar-refractivity contribution in [1.29, 1.82) is 1.43 Å². The zero-order valence-electron chi connectivity index (χ0n) is 22.6. The SMILES string of the molecule is [2H]O[C@H]1CC(=O)OC(CC[C@@H]2[C@@H]3C(=C[C@H](C)C[C@@H]3OC(=O)[C@]([2H])(CC)C([2H])([2H])[2H])C=C[C@@H]2C)C1. The normalized spacial score (nSPS) is 41.9. The summed E-state index contributed by atoms with van der Waals surface area (Å²) in [6.07, 6.45) is 7.31. The molecule has 1 heterocycles. The molecule has 1 saturated heterocycles. The zero-order valence-corrected chi connectivity index (χ0v) is 17.6. The number of rotatable bonds is 7. The van der Waals surface area contributed by atoms with Gasteiger partial charge in [-0.15, -0.1) is 0 Å². The third-order valence-corrected chi connectivity index (χ3v) is 6.49. The largest absolute Gasteiger partial charge is 0.462 e. The molecule has 0 radical (unpaired) electrons. The summed E-state index contributed by atoms with van der Waals surface area (Å²) in [6.45, 7) is 2.87. The summed E-state index contributed by atoms with van der Waals surface area (Å²) in [5, 5.41) is 4.64. The molecule has 3 aliphatic rings. The van der Waals surface area contributed by atoms with Crippen molar-refractivity contribution in [1.82, 2.24) is 0 Å². The molecule has 1 fully saturated rings. The lowest BCUT2D eigenvalue weighted by Gasteiger charge is -2.43. The topological polar surface area (TPSA) is 72.8 Å². The van der Waals surface area contributed by atoms with Crippen LogP contribution in [0.15, 0.2) is 23.8 Å². The van der Waals surface area contributed by atoms with Crippen molar-refractivity contribution in [3.63, 3.8) is 0 Å². The molecule has 1 aliphatic heterocycles. The predicted molar refractivity (Wildman–Crippen MR) is 111 cm³/mol. The second-order valence-electron chi connectivity index (χ2n) is 8.81. The van der Waals surface area contributed by atoms with Crippen LogP contribution in [-0.2, 0) is 19.1 Å². The Morgan fingerprint density at radius 3 is 3.00 bits per heavy atom. The lowest BCUT2D eigenvalue weighted by Crippen LogP contribution is -2.42. The van der Waals surface area contributed by atoms with Crippen LogP contribution >= 0.6 is 0 Å². The molecule has 0 bridgehead atoms. The number of ether oxygens (including phenoxy) is 2. The lowest BCUT2D eigenvalue weighted by atomic mass is 9.65. The number of allylic oxidation sites excluding steroid dienone is 3. The maximum atomic E-state index is 13.0. The lowest BCUT2D eigenvalue weighted by molar-refractivity contribution is -0.162. The van der Waals surface area contributed by atoms with Gasteiger partial charge >= 0.3 is 11.9 Å². The van der Waals surface area contributed by atoms with Crippen molar-refractivity contribution < 1.29 is 29.7 Å². The van der Waals surface area contributed by atoms with Crippen LogP contribution in [0.3, 0.4) is 0 Å². The minimum atomic E-state index is -2.78. The predicted octanol–water partition coefficient (Wildman–Crippen LogP) is 4.20. The van der Waals surface area contributed by atoms with Crippen LogP contribution in [-0.4, -0.2) is 36.8 Å². The van der Waals surface area contributed by atoms with E-state index in [1.54, 1.807) is 0 Å². The molecule has 1 unspecified atom stereocenters. The highest BCUT2D eigenvalue weighted by Gasteiger charge is 2.42. The van der Waals surface area contributed by atoms with Gasteiger partial charge in [-0.25, -0.2) is 0 Å². The first kappa shape index (κ1) is 16.1. The Morgan fingerprint density at radius 2 is 2.28 bits per heavy atom. The Bertz CT molecular complexity index is 825. The van der Waals surface area contributed by atoms with Gasteiger partial charge in [-0.2, -0.15) is 0 Å². The summed E-state index contributed by atoms with van der Waals surface area (Å²) in [5.74, 6) is -3.37. The molecule has 0 aromatic carbocycles. The van der Waals surface area contributed by atoms with Gasteiger partial charge in [0.05, 0.1) is 18.4 Å². The van der Waals surface area contributed by atoms with Crippen molar-refractivity contribution in [2.45, 2.75) is 84.5 Å².